The summed E-state index contributed by atoms with van der Waals surface area (Å²) in [4.78, 5) is 11.9. The second-order valence-electron chi connectivity index (χ2n) is 13.3. The van der Waals surface area contributed by atoms with Crippen molar-refractivity contribution in [2.75, 3.05) is 26.4 Å². The Morgan fingerprint density at radius 2 is 1.16 bits per heavy atom. The predicted molar refractivity (Wildman–Crippen MR) is 196 cm³/mol. The number of rotatable bonds is 32. The standard InChI is InChI=1S/C40H72O9/c1-3-5-6-7-8-9-10-11-12-13-14-15-16-17-18-19-20-21-22-23-24-25-26-27-28-29-30-46-32-34(48-36(42)4-2)33-47-40-39(45)38(44)37(43)35(31-41)49-40/h10-11,13-14,16-17,34-35,37-41,43-45H,3-9,12,15,18-33H2,1-2H3/b11-10-,14-13-,17-16-. The smallest absolute Gasteiger partial charge is 0.305 e. The Hall–Kier alpha value is -1.59. The molecule has 0 amide bonds. The van der Waals surface area contributed by atoms with Crippen LogP contribution in [0.2, 0.25) is 0 Å². The zero-order chi connectivity index (χ0) is 35.8. The first-order valence-electron chi connectivity index (χ1n) is 19.6. The molecule has 0 spiro atoms. The summed E-state index contributed by atoms with van der Waals surface area (Å²) in [7, 11) is 0. The minimum atomic E-state index is -1.53. The van der Waals surface area contributed by atoms with Crippen LogP contribution in [0, 0.1) is 0 Å². The molecule has 9 heteroatoms. The monoisotopic (exact) mass is 697 g/mol. The average Bonchev–Trinajstić information content (AvgIpc) is 3.11. The highest BCUT2D eigenvalue weighted by atomic mass is 16.7. The maximum Gasteiger partial charge on any atom is 0.305 e. The summed E-state index contributed by atoms with van der Waals surface area (Å²) in [6.45, 7) is 3.96. The Kier molecular flexibility index (Phi) is 30.0. The van der Waals surface area contributed by atoms with Gasteiger partial charge in [0.2, 0.25) is 0 Å². The molecule has 286 valence electrons. The molecule has 1 aliphatic rings. The Morgan fingerprint density at radius 1 is 0.653 bits per heavy atom. The third kappa shape index (κ3) is 24.3. The van der Waals surface area contributed by atoms with Gasteiger partial charge in [0.1, 0.15) is 30.5 Å². The molecule has 0 bridgehead atoms. The van der Waals surface area contributed by atoms with Crippen LogP contribution >= 0.6 is 0 Å². The summed E-state index contributed by atoms with van der Waals surface area (Å²) >= 11 is 0. The summed E-state index contributed by atoms with van der Waals surface area (Å²) in [5.74, 6) is -0.403. The molecule has 9 nitrogen and oxygen atoms in total. The van der Waals surface area contributed by atoms with Crippen LogP contribution in [0.4, 0.5) is 0 Å². The second kappa shape index (κ2) is 32.3. The van der Waals surface area contributed by atoms with Gasteiger partial charge in [-0.15, -0.1) is 0 Å². The van der Waals surface area contributed by atoms with Crippen LogP contribution in [0.25, 0.3) is 0 Å². The van der Waals surface area contributed by atoms with E-state index in [2.05, 4.69) is 43.4 Å². The van der Waals surface area contributed by atoms with Gasteiger partial charge in [0.25, 0.3) is 0 Å². The fourth-order valence-electron chi connectivity index (χ4n) is 5.71. The minimum Gasteiger partial charge on any atom is -0.457 e. The van der Waals surface area contributed by atoms with Gasteiger partial charge in [0.15, 0.2) is 6.29 Å². The number of hydrogen-bond acceptors (Lipinski definition) is 9. The predicted octanol–water partition coefficient (Wildman–Crippen LogP) is 7.63. The van der Waals surface area contributed by atoms with Crippen molar-refractivity contribution in [2.24, 2.45) is 0 Å². The summed E-state index contributed by atoms with van der Waals surface area (Å²) in [6, 6.07) is 0. The Bertz CT molecular complexity index is 844. The zero-order valence-corrected chi connectivity index (χ0v) is 30.9. The van der Waals surface area contributed by atoms with Crippen LogP contribution in [-0.2, 0) is 23.7 Å². The van der Waals surface area contributed by atoms with Gasteiger partial charge >= 0.3 is 5.97 Å². The number of ether oxygens (including phenoxy) is 4. The van der Waals surface area contributed by atoms with Crippen LogP contribution in [0.15, 0.2) is 36.5 Å². The van der Waals surface area contributed by atoms with E-state index in [1.165, 1.54) is 103 Å². The Balaban J connectivity index is 1.97. The van der Waals surface area contributed by atoms with E-state index in [1.54, 1.807) is 6.92 Å². The SMILES string of the molecule is CCCCCCC/C=C\C/C=C\C/C=C\CCCCCCCCCCCCCOCC(COC1OC(CO)C(O)C(O)C1O)OC(=O)CC. The summed E-state index contributed by atoms with van der Waals surface area (Å²) in [5, 5.41) is 39.4. The molecular weight excluding hydrogens is 624 g/mol. The van der Waals surface area contributed by atoms with Gasteiger partial charge in [-0.2, -0.15) is 0 Å². The minimum absolute atomic E-state index is 0.124. The third-order valence-electron chi connectivity index (χ3n) is 8.86. The maximum absolute atomic E-state index is 11.9. The molecule has 6 atom stereocenters. The molecule has 1 fully saturated rings. The van der Waals surface area contributed by atoms with Crippen LogP contribution in [0.1, 0.15) is 149 Å². The van der Waals surface area contributed by atoms with E-state index in [0.29, 0.717) is 6.61 Å². The molecule has 0 saturated carbocycles. The molecule has 49 heavy (non-hydrogen) atoms. The largest absolute Gasteiger partial charge is 0.457 e. The molecule has 0 aliphatic carbocycles. The van der Waals surface area contributed by atoms with Crippen molar-refractivity contribution in [3.8, 4) is 0 Å². The molecule has 1 rings (SSSR count). The van der Waals surface area contributed by atoms with E-state index in [-0.39, 0.29) is 19.6 Å². The summed E-state index contributed by atoms with van der Waals surface area (Å²) in [6.07, 6.45) is 31.3. The molecule has 4 N–H and O–H groups in total. The number of aliphatic hydroxyl groups excluding tert-OH is 4. The van der Waals surface area contributed by atoms with Gasteiger partial charge in [-0.1, -0.05) is 134 Å². The molecular formula is C40H72O9. The van der Waals surface area contributed by atoms with Crippen LogP contribution < -0.4 is 0 Å². The third-order valence-corrected chi connectivity index (χ3v) is 8.86. The van der Waals surface area contributed by atoms with Crippen molar-refractivity contribution < 1.29 is 44.2 Å². The molecule has 0 aromatic heterocycles. The lowest BCUT2D eigenvalue weighted by atomic mass is 9.99. The van der Waals surface area contributed by atoms with Crippen molar-refractivity contribution in [3.05, 3.63) is 36.5 Å². The van der Waals surface area contributed by atoms with Crippen LogP contribution in [-0.4, -0.2) is 89.6 Å². The molecule has 1 aliphatic heterocycles. The highest BCUT2D eigenvalue weighted by Crippen LogP contribution is 2.22. The van der Waals surface area contributed by atoms with Crippen LogP contribution in [0.3, 0.4) is 0 Å². The van der Waals surface area contributed by atoms with Crippen molar-refractivity contribution >= 4 is 5.97 Å². The fraction of sp³-hybridized carbons (Fsp3) is 0.825. The second-order valence-corrected chi connectivity index (χ2v) is 13.3. The lowest BCUT2D eigenvalue weighted by molar-refractivity contribution is -0.305. The van der Waals surface area contributed by atoms with Gasteiger partial charge in [-0.25, -0.2) is 0 Å². The molecule has 0 radical (unpaired) electrons. The lowest BCUT2D eigenvalue weighted by Crippen LogP contribution is -2.59. The summed E-state index contributed by atoms with van der Waals surface area (Å²) < 4.78 is 22.0. The van der Waals surface area contributed by atoms with Crippen molar-refractivity contribution in [1.29, 1.82) is 0 Å². The highest BCUT2D eigenvalue weighted by molar-refractivity contribution is 5.69. The molecule has 6 unspecified atom stereocenters. The molecule has 1 saturated heterocycles. The van der Waals surface area contributed by atoms with Crippen molar-refractivity contribution in [1.82, 2.24) is 0 Å². The van der Waals surface area contributed by atoms with Crippen molar-refractivity contribution in [2.45, 2.75) is 185 Å². The topological polar surface area (TPSA) is 135 Å². The van der Waals surface area contributed by atoms with Gasteiger partial charge in [-0.3, -0.25) is 4.79 Å². The molecule has 0 aromatic rings. The first-order valence-corrected chi connectivity index (χ1v) is 19.6. The normalized spacial score (nSPS) is 22.1. The fourth-order valence-corrected chi connectivity index (χ4v) is 5.71. The average molecular weight is 697 g/mol. The number of allylic oxidation sites excluding steroid dienone is 6. The number of aliphatic hydroxyl groups is 4. The summed E-state index contributed by atoms with van der Waals surface area (Å²) in [5.41, 5.74) is 0. The number of carbonyl (C=O) groups is 1. The first-order chi connectivity index (χ1) is 23.9. The molecule has 1 heterocycles. The van der Waals surface area contributed by atoms with E-state index in [4.69, 9.17) is 18.9 Å². The highest BCUT2D eigenvalue weighted by Gasteiger charge is 2.44. The quantitative estimate of drug-likeness (QED) is 0.0318. The van der Waals surface area contributed by atoms with Gasteiger partial charge < -0.3 is 39.4 Å². The van der Waals surface area contributed by atoms with E-state index in [9.17, 15) is 25.2 Å². The van der Waals surface area contributed by atoms with E-state index in [1.807, 2.05) is 0 Å². The first kappa shape index (κ1) is 45.4. The van der Waals surface area contributed by atoms with Gasteiger partial charge in [0, 0.05) is 13.0 Å². The zero-order valence-electron chi connectivity index (χ0n) is 30.9. The van der Waals surface area contributed by atoms with E-state index < -0.39 is 49.4 Å². The number of unbranched alkanes of at least 4 members (excludes halogenated alkanes) is 16. The molecule has 0 aromatic carbocycles. The van der Waals surface area contributed by atoms with Gasteiger partial charge in [-0.05, 0) is 44.9 Å². The Morgan fingerprint density at radius 3 is 1.69 bits per heavy atom. The lowest BCUT2D eigenvalue weighted by Gasteiger charge is -2.39. The number of hydrogen-bond donors (Lipinski definition) is 4. The maximum atomic E-state index is 11.9. The Labute approximate surface area is 298 Å². The van der Waals surface area contributed by atoms with Crippen molar-refractivity contribution in [3.63, 3.8) is 0 Å². The van der Waals surface area contributed by atoms with Crippen LogP contribution in [0.5, 0.6) is 0 Å². The van der Waals surface area contributed by atoms with E-state index in [0.717, 1.165) is 25.7 Å². The number of esters is 1. The van der Waals surface area contributed by atoms with Gasteiger partial charge in [0.05, 0.1) is 19.8 Å². The number of carbonyl (C=O) groups excluding carboxylic acids is 1. The van der Waals surface area contributed by atoms with E-state index >= 15 is 0 Å².